The topological polar surface area (TPSA) is 64.8 Å². The number of carbonyl (C=O) groups excluding carboxylic acids is 1. The van der Waals surface area contributed by atoms with Crippen molar-refractivity contribution in [2.45, 2.75) is 13.8 Å². The van der Waals surface area contributed by atoms with Crippen LogP contribution in [0.5, 0.6) is 11.5 Å². The predicted molar refractivity (Wildman–Crippen MR) is 75.9 cm³/mol. The molecule has 1 amide bonds. The summed E-state index contributed by atoms with van der Waals surface area (Å²) in [5, 5.41) is 0. The summed E-state index contributed by atoms with van der Waals surface area (Å²) in [4.78, 5) is 13.8. The summed E-state index contributed by atoms with van der Waals surface area (Å²) in [5.41, 5.74) is 7.27. The second-order valence-electron chi connectivity index (χ2n) is 4.53. The molecule has 0 spiro atoms. The molecule has 2 N–H and O–H groups in total. The highest BCUT2D eigenvalue weighted by Crippen LogP contribution is 2.34. The summed E-state index contributed by atoms with van der Waals surface area (Å²) in [5.74, 6) is 1.02. The maximum Gasteiger partial charge on any atom is 0.230 e. The number of nitrogens with two attached hydrogens (primary N) is 1. The third-order valence-electron chi connectivity index (χ3n) is 3.17. The van der Waals surface area contributed by atoms with Gasteiger partial charge in [-0.3, -0.25) is 4.79 Å². The Morgan fingerprint density at radius 2 is 1.84 bits per heavy atom. The number of ether oxygens (including phenoxy) is 2. The van der Waals surface area contributed by atoms with Crippen LogP contribution >= 0.6 is 0 Å². The van der Waals surface area contributed by atoms with Crippen LogP contribution in [-0.4, -0.2) is 33.7 Å². The van der Waals surface area contributed by atoms with E-state index in [1.807, 2.05) is 19.9 Å². The molecule has 1 aromatic carbocycles. The van der Waals surface area contributed by atoms with E-state index in [2.05, 4.69) is 0 Å². The molecule has 0 heterocycles. The Balaban J connectivity index is 3.16. The normalized spacial score (nSPS) is 11.9. The molecule has 1 unspecified atom stereocenters. The van der Waals surface area contributed by atoms with Gasteiger partial charge < -0.3 is 20.1 Å². The zero-order valence-electron chi connectivity index (χ0n) is 12.2. The molecule has 1 atom stereocenters. The molecule has 0 radical (unpaired) electrons. The molecular formula is C14H22N2O3. The van der Waals surface area contributed by atoms with E-state index in [9.17, 15) is 4.79 Å². The summed E-state index contributed by atoms with van der Waals surface area (Å²) in [6.45, 7) is 4.07. The van der Waals surface area contributed by atoms with Gasteiger partial charge in [0.25, 0.3) is 0 Å². The van der Waals surface area contributed by atoms with E-state index in [0.717, 1.165) is 11.3 Å². The third kappa shape index (κ3) is 3.17. The molecule has 0 bridgehead atoms. The minimum absolute atomic E-state index is 0.0159. The van der Waals surface area contributed by atoms with Crippen molar-refractivity contribution in [1.82, 2.24) is 0 Å². The Morgan fingerprint density at radius 1 is 1.32 bits per heavy atom. The molecule has 0 saturated carbocycles. The number of hydrogen-bond acceptors (Lipinski definition) is 4. The monoisotopic (exact) mass is 266 g/mol. The van der Waals surface area contributed by atoms with Crippen LogP contribution in [0.1, 0.15) is 12.5 Å². The molecule has 0 aliphatic carbocycles. The van der Waals surface area contributed by atoms with Crippen molar-refractivity contribution in [2.24, 2.45) is 11.7 Å². The summed E-state index contributed by atoms with van der Waals surface area (Å²) in [7, 11) is 4.90. The highest BCUT2D eigenvalue weighted by molar-refractivity contribution is 5.95. The Kier molecular flexibility index (Phi) is 5.18. The first kappa shape index (κ1) is 15.3. The number of anilines is 1. The Morgan fingerprint density at radius 3 is 2.32 bits per heavy atom. The van der Waals surface area contributed by atoms with Gasteiger partial charge in [-0.15, -0.1) is 0 Å². The number of rotatable bonds is 5. The first-order valence-electron chi connectivity index (χ1n) is 6.16. The Hall–Kier alpha value is -1.75. The fourth-order valence-corrected chi connectivity index (χ4v) is 1.88. The van der Waals surface area contributed by atoms with Gasteiger partial charge in [0.1, 0.15) is 0 Å². The smallest absolute Gasteiger partial charge is 0.230 e. The van der Waals surface area contributed by atoms with E-state index in [1.165, 1.54) is 0 Å². The zero-order valence-corrected chi connectivity index (χ0v) is 12.2. The molecule has 5 nitrogen and oxygen atoms in total. The highest BCUT2D eigenvalue weighted by Gasteiger charge is 2.20. The van der Waals surface area contributed by atoms with Crippen LogP contribution in [-0.2, 0) is 4.79 Å². The predicted octanol–water partition coefficient (Wildman–Crippen LogP) is 1.57. The summed E-state index contributed by atoms with van der Waals surface area (Å²) in [6.07, 6.45) is 0. The number of hydrogen-bond donors (Lipinski definition) is 1. The first-order chi connectivity index (χ1) is 8.96. The molecule has 5 heteroatoms. The first-order valence-corrected chi connectivity index (χ1v) is 6.16. The number of carbonyl (C=O) groups is 1. The van der Waals surface area contributed by atoms with Gasteiger partial charge in [0.2, 0.25) is 5.91 Å². The van der Waals surface area contributed by atoms with Gasteiger partial charge >= 0.3 is 0 Å². The molecule has 0 aliphatic rings. The summed E-state index contributed by atoms with van der Waals surface area (Å²) >= 11 is 0. The highest BCUT2D eigenvalue weighted by atomic mass is 16.5. The van der Waals surface area contributed by atoms with E-state index >= 15 is 0 Å². The molecule has 0 saturated heterocycles. The van der Waals surface area contributed by atoms with Crippen molar-refractivity contribution >= 4 is 11.6 Å². The second kappa shape index (κ2) is 6.43. The minimum Gasteiger partial charge on any atom is -0.493 e. The van der Waals surface area contributed by atoms with E-state index in [1.54, 1.807) is 32.2 Å². The van der Waals surface area contributed by atoms with Gasteiger partial charge in [-0.25, -0.2) is 0 Å². The van der Waals surface area contributed by atoms with Crippen molar-refractivity contribution < 1.29 is 14.3 Å². The van der Waals surface area contributed by atoms with Crippen LogP contribution in [0.25, 0.3) is 0 Å². The van der Waals surface area contributed by atoms with Crippen molar-refractivity contribution in [3.05, 3.63) is 17.7 Å². The minimum atomic E-state index is -0.211. The molecule has 19 heavy (non-hydrogen) atoms. The number of methoxy groups -OCH3 is 2. The molecule has 1 aromatic rings. The molecular weight excluding hydrogens is 244 g/mol. The van der Waals surface area contributed by atoms with Gasteiger partial charge in [0.05, 0.1) is 19.9 Å². The molecule has 0 aromatic heterocycles. The van der Waals surface area contributed by atoms with Crippen molar-refractivity contribution in [2.75, 3.05) is 32.7 Å². The fourth-order valence-electron chi connectivity index (χ4n) is 1.88. The maximum atomic E-state index is 12.2. The third-order valence-corrected chi connectivity index (χ3v) is 3.17. The molecule has 0 fully saturated rings. The van der Waals surface area contributed by atoms with E-state index in [4.69, 9.17) is 15.2 Å². The Bertz CT molecular complexity index is 460. The lowest BCUT2D eigenvalue weighted by Gasteiger charge is -2.23. The lowest BCUT2D eigenvalue weighted by molar-refractivity contribution is -0.121. The lowest BCUT2D eigenvalue weighted by Crippen LogP contribution is -2.35. The SMILES string of the molecule is COc1cc(C)c(N(C)C(=O)C(C)CN)cc1OC. The van der Waals surface area contributed by atoms with Gasteiger partial charge in [0.15, 0.2) is 11.5 Å². The molecule has 0 aliphatic heterocycles. The van der Waals surface area contributed by atoms with Crippen LogP contribution in [0.3, 0.4) is 0 Å². The molecule has 106 valence electrons. The van der Waals surface area contributed by atoms with Gasteiger partial charge in [0, 0.05) is 25.6 Å². The zero-order chi connectivity index (χ0) is 14.6. The maximum absolute atomic E-state index is 12.2. The number of nitrogens with zero attached hydrogens (tertiary/aromatic N) is 1. The van der Waals surface area contributed by atoms with Gasteiger partial charge in [-0.1, -0.05) is 6.92 Å². The van der Waals surface area contributed by atoms with Crippen LogP contribution in [0.15, 0.2) is 12.1 Å². The lowest BCUT2D eigenvalue weighted by atomic mass is 10.1. The number of amides is 1. The van der Waals surface area contributed by atoms with Gasteiger partial charge in [-0.2, -0.15) is 0 Å². The number of benzene rings is 1. The van der Waals surface area contributed by atoms with Crippen molar-refractivity contribution in [3.63, 3.8) is 0 Å². The van der Waals surface area contributed by atoms with E-state index in [0.29, 0.717) is 18.0 Å². The van der Waals surface area contributed by atoms with Crippen LogP contribution < -0.4 is 20.1 Å². The van der Waals surface area contributed by atoms with E-state index in [-0.39, 0.29) is 11.8 Å². The van der Waals surface area contributed by atoms with Crippen molar-refractivity contribution in [1.29, 1.82) is 0 Å². The number of aryl methyl sites for hydroxylation is 1. The van der Waals surface area contributed by atoms with E-state index < -0.39 is 0 Å². The average molecular weight is 266 g/mol. The van der Waals surface area contributed by atoms with Crippen molar-refractivity contribution in [3.8, 4) is 11.5 Å². The second-order valence-corrected chi connectivity index (χ2v) is 4.53. The molecule has 1 rings (SSSR count). The van der Waals surface area contributed by atoms with Crippen LogP contribution in [0.4, 0.5) is 5.69 Å². The largest absolute Gasteiger partial charge is 0.493 e. The fraction of sp³-hybridized carbons (Fsp3) is 0.500. The van der Waals surface area contributed by atoms with Crippen LogP contribution in [0.2, 0.25) is 0 Å². The standard InChI is InChI=1S/C14H22N2O3/c1-9-6-12(18-4)13(19-5)7-11(9)16(3)14(17)10(2)8-15/h6-7,10H,8,15H2,1-5H3. The van der Waals surface area contributed by atoms with Crippen LogP contribution in [0, 0.1) is 12.8 Å². The summed E-state index contributed by atoms with van der Waals surface area (Å²) < 4.78 is 10.5. The Labute approximate surface area is 114 Å². The summed E-state index contributed by atoms with van der Waals surface area (Å²) in [6, 6.07) is 3.65. The average Bonchev–Trinajstić information content (AvgIpc) is 2.44. The van der Waals surface area contributed by atoms with Gasteiger partial charge in [-0.05, 0) is 18.6 Å². The quantitative estimate of drug-likeness (QED) is 0.878.